The summed E-state index contributed by atoms with van der Waals surface area (Å²) in [5.74, 6) is 1.58. The molecule has 2 aliphatic heterocycles. The lowest BCUT2D eigenvalue weighted by Crippen LogP contribution is -2.39. The van der Waals surface area contributed by atoms with Gasteiger partial charge in [-0.3, -0.25) is 0 Å². The van der Waals surface area contributed by atoms with Crippen LogP contribution in [0.5, 0.6) is 11.5 Å². The van der Waals surface area contributed by atoms with Gasteiger partial charge in [0.2, 0.25) is 0 Å². The fourth-order valence-corrected chi connectivity index (χ4v) is 4.27. The number of hydrogen-bond acceptors (Lipinski definition) is 5. The van der Waals surface area contributed by atoms with Crippen LogP contribution in [0.4, 0.5) is 0 Å². The Morgan fingerprint density at radius 2 is 1.96 bits per heavy atom. The van der Waals surface area contributed by atoms with Gasteiger partial charge in [-0.15, -0.1) is 0 Å². The van der Waals surface area contributed by atoms with Crippen LogP contribution in [0.2, 0.25) is 0 Å². The molecule has 0 saturated carbocycles. The van der Waals surface area contributed by atoms with E-state index in [9.17, 15) is 4.79 Å². The summed E-state index contributed by atoms with van der Waals surface area (Å²) in [5, 5.41) is 0. The maximum absolute atomic E-state index is 12.4. The van der Waals surface area contributed by atoms with Gasteiger partial charge in [-0.2, -0.15) is 0 Å². The van der Waals surface area contributed by atoms with Gasteiger partial charge in [-0.05, 0) is 24.7 Å². The largest absolute Gasteiger partial charge is 0.493 e. The van der Waals surface area contributed by atoms with Crippen molar-refractivity contribution in [1.82, 2.24) is 4.90 Å². The number of ether oxygens (including phenoxy) is 3. The van der Waals surface area contributed by atoms with Crippen molar-refractivity contribution >= 4 is 5.97 Å². The first-order valence-electron chi connectivity index (χ1n) is 7.96. The van der Waals surface area contributed by atoms with E-state index in [-0.39, 0.29) is 18.0 Å². The molecule has 0 amide bonds. The summed E-state index contributed by atoms with van der Waals surface area (Å²) in [6.45, 7) is 2.00. The summed E-state index contributed by atoms with van der Waals surface area (Å²) in [5.41, 5.74) is 3.11. The third-order valence-corrected chi connectivity index (χ3v) is 5.28. The second-order valence-corrected chi connectivity index (χ2v) is 6.58. The molecule has 0 radical (unpaired) electrons. The third-order valence-electron chi connectivity index (χ3n) is 5.28. The zero-order chi connectivity index (χ0) is 16.1. The van der Waals surface area contributed by atoms with Crippen molar-refractivity contribution in [2.24, 2.45) is 5.92 Å². The average molecular weight is 315 g/mol. The molecule has 1 aromatic carbocycles. The Bertz CT molecular complexity index is 697. The minimum atomic E-state index is -0.259. The topological polar surface area (TPSA) is 48.0 Å². The molecule has 23 heavy (non-hydrogen) atoms. The maximum Gasteiger partial charge on any atom is 0.338 e. The number of esters is 1. The maximum atomic E-state index is 12.4. The lowest BCUT2D eigenvalue weighted by Gasteiger charge is -2.39. The highest BCUT2D eigenvalue weighted by atomic mass is 16.5. The SMILES string of the molecule is COc1cc2c(cc1OC)[C@@H]1[C@@H](CC=C3CN(C)C[C@@H]31)OC2=O. The zero-order valence-electron chi connectivity index (χ0n) is 13.7. The van der Waals surface area contributed by atoms with Crippen LogP contribution in [0.15, 0.2) is 23.8 Å². The molecule has 2 heterocycles. The van der Waals surface area contributed by atoms with Crippen molar-refractivity contribution in [2.45, 2.75) is 18.4 Å². The van der Waals surface area contributed by atoms with Crippen LogP contribution in [0.3, 0.4) is 0 Å². The number of benzene rings is 1. The molecule has 0 bridgehead atoms. The molecule has 5 heteroatoms. The number of likely N-dealkylation sites (N-methyl/N-ethyl adjacent to an activating group) is 1. The van der Waals surface area contributed by atoms with Crippen LogP contribution >= 0.6 is 0 Å². The molecule has 4 rings (SSSR count). The first-order valence-corrected chi connectivity index (χ1v) is 7.96. The van der Waals surface area contributed by atoms with Gasteiger partial charge in [-0.25, -0.2) is 4.79 Å². The molecular formula is C18H21NO4. The number of methoxy groups -OCH3 is 2. The summed E-state index contributed by atoms with van der Waals surface area (Å²) in [4.78, 5) is 14.7. The molecule has 0 unspecified atom stereocenters. The normalized spacial score (nSPS) is 29.1. The predicted octanol–water partition coefficient (Wildman–Crippen LogP) is 2.22. The molecule has 3 aliphatic rings. The van der Waals surface area contributed by atoms with Crippen molar-refractivity contribution in [3.63, 3.8) is 0 Å². The average Bonchev–Trinajstić information content (AvgIpc) is 2.93. The van der Waals surface area contributed by atoms with E-state index in [0.29, 0.717) is 23.0 Å². The Hall–Kier alpha value is -2.01. The van der Waals surface area contributed by atoms with E-state index < -0.39 is 0 Å². The molecule has 0 N–H and O–H groups in total. The van der Waals surface area contributed by atoms with E-state index in [1.807, 2.05) is 6.07 Å². The minimum Gasteiger partial charge on any atom is -0.493 e. The number of rotatable bonds is 2. The van der Waals surface area contributed by atoms with Gasteiger partial charge in [0.05, 0.1) is 19.8 Å². The molecular weight excluding hydrogens is 294 g/mol. The molecule has 3 atom stereocenters. The van der Waals surface area contributed by atoms with Gasteiger partial charge in [0.25, 0.3) is 0 Å². The Kier molecular flexibility index (Phi) is 3.34. The fourth-order valence-electron chi connectivity index (χ4n) is 4.27. The Morgan fingerprint density at radius 3 is 2.70 bits per heavy atom. The number of carbonyl (C=O) groups is 1. The Morgan fingerprint density at radius 1 is 1.22 bits per heavy atom. The molecule has 5 nitrogen and oxygen atoms in total. The molecule has 0 aromatic heterocycles. The van der Waals surface area contributed by atoms with Crippen LogP contribution in [-0.2, 0) is 4.74 Å². The Balaban J connectivity index is 1.85. The monoisotopic (exact) mass is 315 g/mol. The lowest BCUT2D eigenvalue weighted by atomic mass is 9.72. The molecule has 1 fully saturated rings. The minimum absolute atomic E-state index is 0.0756. The van der Waals surface area contributed by atoms with Crippen molar-refractivity contribution in [1.29, 1.82) is 0 Å². The number of nitrogens with zero attached hydrogens (tertiary/aromatic N) is 1. The summed E-state index contributed by atoms with van der Waals surface area (Å²) < 4.78 is 16.5. The summed E-state index contributed by atoms with van der Waals surface area (Å²) in [7, 11) is 5.34. The smallest absolute Gasteiger partial charge is 0.338 e. The van der Waals surface area contributed by atoms with Gasteiger partial charge >= 0.3 is 5.97 Å². The second-order valence-electron chi connectivity index (χ2n) is 6.58. The summed E-state index contributed by atoms with van der Waals surface area (Å²) in [6, 6.07) is 3.72. The predicted molar refractivity (Wildman–Crippen MR) is 85.2 cm³/mol. The van der Waals surface area contributed by atoms with Gasteiger partial charge in [-0.1, -0.05) is 11.6 Å². The van der Waals surface area contributed by atoms with Crippen molar-refractivity contribution < 1.29 is 19.0 Å². The molecule has 1 aromatic rings. The van der Waals surface area contributed by atoms with E-state index >= 15 is 0 Å². The van der Waals surface area contributed by atoms with Gasteiger partial charge in [0.15, 0.2) is 11.5 Å². The Labute approximate surface area is 135 Å². The number of hydrogen-bond donors (Lipinski definition) is 0. The highest BCUT2D eigenvalue weighted by molar-refractivity contribution is 5.93. The van der Waals surface area contributed by atoms with Crippen LogP contribution < -0.4 is 9.47 Å². The fraction of sp³-hybridized carbons (Fsp3) is 0.500. The number of carbonyl (C=O) groups excluding carboxylic acids is 1. The second kappa shape index (κ2) is 5.27. The van der Waals surface area contributed by atoms with E-state index in [1.165, 1.54) is 5.57 Å². The number of fused-ring (bicyclic) bond motifs is 5. The highest BCUT2D eigenvalue weighted by Crippen LogP contribution is 2.48. The van der Waals surface area contributed by atoms with Crippen molar-refractivity contribution in [3.05, 3.63) is 34.9 Å². The highest BCUT2D eigenvalue weighted by Gasteiger charge is 2.46. The van der Waals surface area contributed by atoms with Crippen LogP contribution in [0, 0.1) is 5.92 Å². The third kappa shape index (κ3) is 2.14. The first kappa shape index (κ1) is 14.6. The summed E-state index contributed by atoms with van der Waals surface area (Å²) >= 11 is 0. The van der Waals surface area contributed by atoms with Crippen molar-refractivity contribution in [2.75, 3.05) is 34.4 Å². The van der Waals surface area contributed by atoms with Gasteiger partial charge in [0, 0.05) is 31.3 Å². The standard InChI is InChI=1S/C18H21NO4/c1-19-8-10-4-5-14-17(13(10)9-19)11-6-15(21-2)16(22-3)7-12(11)18(20)23-14/h4,6-7,13-14,17H,5,8-9H2,1-3H3/t13-,14+,17-/m0/s1. The van der Waals surface area contributed by atoms with Crippen molar-refractivity contribution in [3.8, 4) is 11.5 Å². The van der Waals surface area contributed by atoms with E-state index in [4.69, 9.17) is 14.2 Å². The summed E-state index contributed by atoms with van der Waals surface area (Å²) in [6.07, 6.45) is 2.98. The van der Waals surface area contributed by atoms with E-state index in [1.54, 1.807) is 20.3 Å². The van der Waals surface area contributed by atoms with Gasteiger partial charge in [0.1, 0.15) is 6.10 Å². The molecule has 1 aliphatic carbocycles. The van der Waals surface area contributed by atoms with E-state index in [0.717, 1.165) is 25.1 Å². The molecule has 0 spiro atoms. The molecule has 122 valence electrons. The lowest BCUT2D eigenvalue weighted by molar-refractivity contribution is 0.0113. The van der Waals surface area contributed by atoms with Crippen LogP contribution in [0.1, 0.15) is 28.3 Å². The van der Waals surface area contributed by atoms with Gasteiger partial charge < -0.3 is 19.1 Å². The van der Waals surface area contributed by atoms with Crippen LogP contribution in [0.25, 0.3) is 0 Å². The zero-order valence-corrected chi connectivity index (χ0v) is 13.7. The van der Waals surface area contributed by atoms with E-state index in [2.05, 4.69) is 18.0 Å². The first-order chi connectivity index (χ1) is 11.1. The van der Waals surface area contributed by atoms with Crippen LogP contribution in [-0.4, -0.2) is 51.3 Å². The molecule has 1 saturated heterocycles. The quantitative estimate of drug-likeness (QED) is 0.619. The number of likely N-dealkylation sites (tertiary alicyclic amines) is 1.